The first-order valence-corrected chi connectivity index (χ1v) is 12.8. The third-order valence-corrected chi connectivity index (χ3v) is 8.32. The maximum atomic E-state index is 11.4. The summed E-state index contributed by atoms with van der Waals surface area (Å²) in [5.74, 6) is -0.742. The molecule has 4 heteroatoms. The van der Waals surface area contributed by atoms with Crippen LogP contribution < -0.4 is 0 Å². The molecule has 2 bridgehead atoms. The molecular formula is C27H38N2O2. The van der Waals surface area contributed by atoms with E-state index in [1.165, 1.54) is 89.0 Å². The van der Waals surface area contributed by atoms with Crippen LogP contribution in [-0.4, -0.2) is 38.7 Å². The van der Waals surface area contributed by atoms with Crippen molar-refractivity contribution in [1.29, 1.82) is 0 Å². The SMILES string of the molecule is O=C(O)Cc1cn(C2CC3CCC(C2)N3C2CCCCCCCCC2)c2ccccc12. The molecule has 3 aliphatic rings. The zero-order valence-electron chi connectivity index (χ0n) is 18.8. The zero-order valence-corrected chi connectivity index (χ0v) is 18.8. The van der Waals surface area contributed by atoms with Crippen LogP contribution in [0.5, 0.6) is 0 Å². The molecule has 2 atom stereocenters. The van der Waals surface area contributed by atoms with Crippen LogP contribution >= 0.6 is 0 Å². The molecule has 168 valence electrons. The van der Waals surface area contributed by atoms with E-state index in [9.17, 15) is 9.90 Å². The second-order valence-corrected chi connectivity index (χ2v) is 10.3. The van der Waals surface area contributed by atoms with Crippen LogP contribution in [0.25, 0.3) is 10.9 Å². The molecule has 4 nitrogen and oxygen atoms in total. The summed E-state index contributed by atoms with van der Waals surface area (Å²) in [5.41, 5.74) is 2.18. The van der Waals surface area contributed by atoms with Crippen molar-refractivity contribution >= 4 is 16.9 Å². The highest BCUT2D eigenvalue weighted by Crippen LogP contribution is 2.45. The van der Waals surface area contributed by atoms with Gasteiger partial charge in [-0.3, -0.25) is 9.69 Å². The minimum absolute atomic E-state index is 0.112. The number of nitrogens with zero attached hydrogens (tertiary/aromatic N) is 2. The molecule has 0 amide bonds. The summed E-state index contributed by atoms with van der Waals surface area (Å²) in [4.78, 5) is 14.4. The molecule has 1 aromatic heterocycles. The molecule has 0 radical (unpaired) electrons. The van der Waals surface area contributed by atoms with Gasteiger partial charge in [0.05, 0.1) is 6.42 Å². The molecule has 2 aromatic rings. The van der Waals surface area contributed by atoms with Gasteiger partial charge in [-0.25, -0.2) is 0 Å². The van der Waals surface area contributed by atoms with Gasteiger partial charge >= 0.3 is 5.97 Å². The molecule has 1 aromatic carbocycles. The van der Waals surface area contributed by atoms with Crippen molar-refractivity contribution in [1.82, 2.24) is 9.47 Å². The smallest absolute Gasteiger partial charge is 0.307 e. The van der Waals surface area contributed by atoms with Gasteiger partial charge in [-0.2, -0.15) is 0 Å². The average Bonchev–Trinajstić information content (AvgIpc) is 3.25. The van der Waals surface area contributed by atoms with Gasteiger partial charge < -0.3 is 9.67 Å². The largest absolute Gasteiger partial charge is 0.481 e. The van der Waals surface area contributed by atoms with Crippen LogP contribution in [0.1, 0.15) is 95.1 Å². The number of para-hydroxylation sites is 1. The minimum Gasteiger partial charge on any atom is -0.481 e. The Kier molecular flexibility index (Phi) is 6.36. The standard InChI is InChI=1S/C27H38N2O2/c30-27(31)16-20-19-28(26-13-9-8-12-25(20)26)24-17-22-14-15-23(18-24)29(22)21-10-6-4-2-1-3-5-7-11-21/h8-9,12-13,19,21-24H,1-7,10-11,14-18H2,(H,30,31). The number of carbonyl (C=O) groups is 1. The van der Waals surface area contributed by atoms with Crippen molar-refractivity contribution in [2.75, 3.05) is 0 Å². The highest BCUT2D eigenvalue weighted by Gasteiger charge is 2.44. The maximum absolute atomic E-state index is 11.4. The highest BCUT2D eigenvalue weighted by atomic mass is 16.4. The van der Waals surface area contributed by atoms with Crippen LogP contribution in [0.4, 0.5) is 0 Å². The number of benzene rings is 1. The predicted molar refractivity (Wildman–Crippen MR) is 126 cm³/mol. The van der Waals surface area contributed by atoms with Gasteiger partial charge in [-0.05, 0) is 50.2 Å². The van der Waals surface area contributed by atoms with Crippen molar-refractivity contribution in [2.45, 2.75) is 114 Å². The van der Waals surface area contributed by atoms with Crippen molar-refractivity contribution < 1.29 is 9.90 Å². The van der Waals surface area contributed by atoms with E-state index >= 15 is 0 Å². The molecule has 1 N–H and O–H groups in total. The van der Waals surface area contributed by atoms with Crippen LogP contribution in [0.15, 0.2) is 30.5 Å². The first kappa shape index (κ1) is 21.1. The Labute approximate surface area is 186 Å². The fourth-order valence-corrected chi connectivity index (χ4v) is 6.98. The van der Waals surface area contributed by atoms with Gasteiger partial charge in [0.2, 0.25) is 0 Å². The van der Waals surface area contributed by atoms with Gasteiger partial charge in [0, 0.05) is 41.3 Å². The van der Waals surface area contributed by atoms with Crippen LogP contribution in [0.3, 0.4) is 0 Å². The molecule has 1 aliphatic carbocycles. The lowest BCUT2D eigenvalue weighted by Crippen LogP contribution is -2.49. The number of aliphatic carboxylic acids is 1. The minimum atomic E-state index is -0.742. The normalized spacial score (nSPS) is 28.7. The zero-order chi connectivity index (χ0) is 21.2. The number of aromatic nitrogens is 1. The molecule has 2 unspecified atom stereocenters. The van der Waals surface area contributed by atoms with Gasteiger partial charge in [0.25, 0.3) is 0 Å². The Morgan fingerprint density at radius 3 is 2.06 bits per heavy atom. The molecule has 0 spiro atoms. The number of piperidine rings is 1. The molecule has 1 saturated carbocycles. The number of carboxylic acid groups (broad SMARTS) is 1. The number of hydrogen-bond donors (Lipinski definition) is 1. The summed E-state index contributed by atoms with van der Waals surface area (Å²) in [6, 6.07) is 11.1. The summed E-state index contributed by atoms with van der Waals surface area (Å²) in [6.07, 6.45) is 20.2. The summed E-state index contributed by atoms with van der Waals surface area (Å²) < 4.78 is 2.43. The quantitative estimate of drug-likeness (QED) is 0.626. The van der Waals surface area contributed by atoms with Crippen molar-refractivity contribution in [3.63, 3.8) is 0 Å². The van der Waals surface area contributed by atoms with Gasteiger partial charge in [-0.1, -0.05) is 63.1 Å². The van der Waals surface area contributed by atoms with Crippen molar-refractivity contribution in [3.05, 3.63) is 36.0 Å². The molecule has 2 saturated heterocycles. The average molecular weight is 423 g/mol. The van der Waals surface area contributed by atoms with E-state index < -0.39 is 5.97 Å². The second-order valence-electron chi connectivity index (χ2n) is 10.3. The first-order valence-electron chi connectivity index (χ1n) is 12.8. The first-order chi connectivity index (χ1) is 15.2. The topological polar surface area (TPSA) is 45.5 Å². The predicted octanol–water partition coefficient (Wildman–Crippen LogP) is 6.33. The lowest BCUT2D eigenvalue weighted by Gasteiger charge is -2.44. The van der Waals surface area contributed by atoms with Gasteiger partial charge in [-0.15, -0.1) is 0 Å². The highest BCUT2D eigenvalue weighted by molar-refractivity contribution is 5.87. The van der Waals surface area contributed by atoms with E-state index in [0.29, 0.717) is 18.1 Å². The third-order valence-electron chi connectivity index (χ3n) is 8.32. The Hall–Kier alpha value is -1.81. The monoisotopic (exact) mass is 422 g/mol. The summed E-state index contributed by atoms with van der Waals surface area (Å²) in [5, 5.41) is 10.5. The van der Waals surface area contributed by atoms with Crippen molar-refractivity contribution in [2.24, 2.45) is 0 Å². The number of hydrogen-bond acceptors (Lipinski definition) is 2. The summed E-state index contributed by atoms with van der Waals surface area (Å²) >= 11 is 0. The van der Waals surface area contributed by atoms with Crippen LogP contribution in [-0.2, 0) is 11.2 Å². The number of carboxylic acids is 1. The Morgan fingerprint density at radius 1 is 0.806 bits per heavy atom. The second kappa shape index (κ2) is 9.36. The van der Waals surface area contributed by atoms with E-state index in [0.717, 1.165) is 17.0 Å². The maximum Gasteiger partial charge on any atom is 0.307 e. The van der Waals surface area contributed by atoms with E-state index in [2.05, 4.69) is 33.9 Å². The fourth-order valence-electron chi connectivity index (χ4n) is 6.98. The summed E-state index contributed by atoms with van der Waals surface area (Å²) in [6.45, 7) is 0. The number of fused-ring (bicyclic) bond motifs is 3. The lowest BCUT2D eigenvalue weighted by atomic mass is 9.90. The van der Waals surface area contributed by atoms with E-state index in [4.69, 9.17) is 0 Å². The van der Waals surface area contributed by atoms with E-state index in [1.54, 1.807) is 0 Å². The van der Waals surface area contributed by atoms with Gasteiger partial charge in [0.1, 0.15) is 0 Å². The molecule has 2 aliphatic heterocycles. The summed E-state index contributed by atoms with van der Waals surface area (Å²) in [7, 11) is 0. The Bertz CT molecular complexity index is 880. The number of rotatable bonds is 4. The van der Waals surface area contributed by atoms with Gasteiger partial charge in [0.15, 0.2) is 0 Å². The third kappa shape index (κ3) is 4.41. The molecule has 3 heterocycles. The van der Waals surface area contributed by atoms with Crippen molar-refractivity contribution in [3.8, 4) is 0 Å². The Morgan fingerprint density at radius 2 is 1.42 bits per heavy atom. The van der Waals surface area contributed by atoms with Crippen LogP contribution in [0, 0.1) is 0 Å². The lowest BCUT2D eigenvalue weighted by molar-refractivity contribution is -0.136. The molecular weight excluding hydrogens is 384 g/mol. The van der Waals surface area contributed by atoms with E-state index in [-0.39, 0.29) is 6.42 Å². The Balaban J connectivity index is 1.35. The molecule has 3 fully saturated rings. The molecule has 31 heavy (non-hydrogen) atoms. The molecule has 5 rings (SSSR count). The van der Waals surface area contributed by atoms with E-state index in [1.807, 2.05) is 6.07 Å². The van der Waals surface area contributed by atoms with Crippen LogP contribution in [0.2, 0.25) is 0 Å². The fraction of sp³-hybridized carbons (Fsp3) is 0.667.